The molecule has 4 aromatic carbocycles. The number of fused-ring (bicyclic) bond motifs is 1. The van der Waals surface area contributed by atoms with Crippen LogP contribution in [0.3, 0.4) is 0 Å². The van der Waals surface area contributed by atoms with E-state index in [1.807, 2.05) is 85.1 Å². The summed E-state index contributed by atoms with van der Waals surface area (Å²) in [5.74, 6) is 0.311. The number of rotatable bonds is 10. The Morgan fingerprint density at radius 2 is 1.79 bits per heavy atom. The topological polar surface area (TPSA) is 79.1 Å². The van der Waals surface area contributed by atoms with E-state index in [4.69, 9.17) is 30.8 Å². The van der Waals surface area contributed by atoms with Gasteiger partial charge in [-0.3, -0.25) is 9.36 Å². The molecule has 0 fully saturated rings. The second-order valence-electron chi connectivity index (χ2n) is 10.7. The zero-order valence-corrected chi connectivity index (χ0v) is 30.2. The number of esters is 1. The van der Waals surface area contributed by atoms with Crippen molar-refractivity contribution in [2.45, 2.75) is 24.5 Å². The first-order valence-corrected chi connectivity index (χ1v) is 18.2. The molecular weight excluding hydrogens is 732 g/mol. The first-order valence-electron chi connectivity index (χ1n) is 15.0. The third-order valence-corrected chi connectivity index (χ3v) is 10.2. The van der Waals surface area contributed by atoms with Gasteiger partial charge >= 0.3 is 5.97 Å². The smallest absolute Gasteiger partial charge is 0.338 e. The van der Waals surface area contributed by atoms with E-state index >= 15 is 0 Å². The van der Waals surface area contributed by atoms with Gasteiger partial charge in [0.05, 0.1) is 40.6 Å². The minimum absolute atomic E-state index is 0.179. The maximum absolute atomic E-state index is 14.3. The predicted octanol–water partition coefficient (Wildman–Crippen LogP) is 7.66. The molecule has 5 aromatic rings. The fourth-order valence-corrected chi connectivity index (χ4v) is 7.34. The molecule has 0 aliphatic carbocycles. The van der Waals surface area contributed by atoms with Gasteiger partial charge in [-0.1, -0.05) is 93.5 Å². The lowest BCUT2D eigenvalue weighted by Crippen LogP contribution is -2.40. The van der Waals surface area contributed by atoms with Gasteiger partial charge in [0.15, 0.2) is 16.3 Å². The lowest BCUT2D eigenvalue weighted by atomic mass is 9.93. The summed E-state index contributed by atoms with van der Waals surface area (Å²) in [6.07, 6.45) is 3.75. The SMILES string of the molecule is CCOC(=O)C1=C(c2ccccc2)N=c2s/c(=C\c3cc(Cl)c(OCc4ccc(Br)cc4)c(OC)c3)c(=O)n2[C@H]1c1ccc(SC)cc1. The number of thioether (sulfide) groups is 1. The molecule has 7 nitrogen and oxygen atoms in total. The van der Waals surface area contributed by atoms with Gasteiger partial charge in [-0.05, 0) is 72.3 Å². The van der Waals surface area contributed by atoms with E-state index in [0.29, 0.717) is 49.3 Å². The van der Waals surface area contributed by atoms with E-state index in [1.54, 1.807) is 48.6 Å². The van der Waals surface area contributed by atoms with E-state index in [0.717, 1.165) is 26.1 Å². The molecule has 0 N–H and O–H groups in total. The standard InChI is InChI=1S/C37H30BrClN2O5S2/c1-4-45-36(43)31-32(24-8-6-5-7-9-24)40-37-41(33(31)25-12-16-27(47-3)17-13-25)35(42)30(48-37)20-23-18-28(39)34(29(19-23)44-2)46-21-22-10-14-26(38)15-11-22/h5-20,33H,4,21H2,1-3H3/b30-20-/t33-/m0/s1. The third kappa shape index (κ3) is 7.03. The van der Waals surface area contributed by atoms with E-state index in [9.17, 15) is 9.59 Å². The van der Waals surface area contributed by atoms with Gasteiger partial charge in [0.25, 0.3) is 5.56 Å². The average Bonchev–Trinajstić information content (AvgIpc) is 3.41. The Balaban J connectivity index is 1.49. The van der Waals surface area contributed by atoms with Gasteiger partial charge in [0.1, 0.15) is 6.61 Å². The number of methoxy groups -OCH3 is 1. The highest BCUT2D eigenvalue weighted by molar-refractivity contribution is 9.10. The maximum Gasteiger partial charge on any atom is 0.338 e. The molecule has 6 rings (SSSR count). The number of halogens is 2. The molecule has 48 heavy (non-hydrogen) atoms. The number of nitrogens with zero attached hydrogens (tertiary/aromatic N) is 2. The zero-order valence-electron chi connectivity index (χ0n) is 26.2. The first-order chi connectivity index (χ1) is 23.3. The third-order valence-electron chi connectivity index (χ3n) is 7.65. The molecule has 0 unspecified atom stereocenters. The summed E-state index contributed by atoms with van der Waals surface area (Å²) in [6.45, 7) is 2.23. The van der Waals surface area contributed by atoms with Crippen molar-refractivity contribution in [2.75, 3.05) is 20.0 Å². The molecule has 1 aromatic heterocycles. The van der Waals surface area contributed by atoms with Crippen LogP contribution in [0.15, 0.2) is 116 Å². The summed E-state index contributed by atoms with van der Waals surface area (Å²) in [5, 5.41) is 0.341. The molecule has 2 heterocycles. The quantitative estimate of drug-likeness (QED) is 0.108. The Morgan fingerprint density at radius 3 is 2.46 bits per heavy atom. The molecule has 1 atom stereocenters. The van der Waals surface area contributed by atoms with Crippen LogP contribution in [0, 0.1) is 0 Å². The van der Waals surface area contributed by atoms with Crippen LogP contribution in [-0.2, 0) is 16.1 Å². The van der Waals surface area contributed by atoms with E-state index in [1.165, 1.54) is 11.3 Å². The minimum atomic E-state index is -0.763. The van der Waals surface area contributed by atoms with Gasteiger partial charge in [-0.25, -0.2) is 9.79 Å². The Labute approximate surface area is 299 Å². The lowest BCUT2D eigenvalue weighted by molar-refractivity contribution is -0.138. The maximum atomic E-state index is 14.3. The second-order valence-corrected chi connectivity index (χ2v) is 13.9. The normalized spacial score (nSPS) is 14.4. The number of hydrogen-bond acceptors (Lipinski definition) is 8. The summed E-state index contributed by atoms with van der Waals surface area (Å²) in [6, 6.07) is 27.9. The van der Waals surface area contributed by atoms with Crippen LogP contribution < -0.4 is 24.4 Å². The highest BCUT2D eigenvalue weighted by Crippen LogP contribution is 2.38. The molecule has 244 valence electrons. The largest absolute Gasteiger partial charge is 0.493 e. The highest BCUT2D eigenvalue weighted by atomic mass is 79.9. The highest BCUT2D eigenvalue weighted by Gasteiger charge is 2.35. The van der Waals surface area contributed by atoms with Crippen molar-refractivity contribution in [2.24, 2.45) is 4.99 Å². The van der Waals surface area contributed by atoms with Crippen molar-refractivity contribution >= 4 is 68.4 Å². The molecule has 1 aliphatic rings. The number of ether oxygens (including phenoxy) is 3. The molecule has 0 bridgehead atoms. The number of carbonyl (C=O) groups is 1. The molecular formula is C37H30BrClN2O5S2. The zero-order chi connectivity index (χ0) is 33.8. The molecule has 11 heteroatoms. The molecule has 0 saturated heterocycles. The fraction of sp³-hybridized carbons (Fsp3) is 0.162. The Hall–Kier alpha value is -4.09. The summed E-state index contributed by atoms with van der Waals surface area (Å²) >= 11 is 13.0. The van der Waals surface area contributed by atoms with Crippen molar-refractivity contribution in [1.82, 2.24) is 4.57 Å². The lowest BCUT2D eigenvalue weighted by Gasteiger charge is -2.26. The van der Waals surface area contributed by atoms with Crippen molar-refractivity contribution in [3.63, 3.8) is 0 Å². The summed E-state index contributed by atoms with van der Waals surface area (Å²) in [5.41, 5.74) is 3.61. The minimum Gasteiger partial charge on any atom is -0.493 e. The average molecular weight is 762 g/mol. The van der Waals surface area contributed by atoms with Crippen molar-refractivity contribution in [3.05, 3.63) is 148 Å². The number of aromatic nitrogens is 1. The first kappa shape index (κ1) is 33.8. The van der Waals surface area contributed by atoms with Crippen LogP contribution in [0.2, 0.25) is 5.02 Å². The number of thiazole rings is 1. The fourth-order valence-electron chi connectivity index (χ4n) is 5.39. The van der Waals surface area contributed by atoms with Crippen LogP contribution in [-0.4, -0.2) is 30.5 Å². The molecule has 0 spiro atoms. The molecule has 0 amide bonds. The monoisotopic (exact) mass is 760 g/mol. The van der Waals surface area contributed by atoms with Gasteiger partial charge in [0, 0.05) is 14.9 Å². The van der Waals surface area contributed by atoms with Crippen LogP contribution in [0.1, 0.15) is 35.2 Å². The second kappa shape index (κ2) is 15.0. The van der Waals surface area contributed by atoms with Crippen LogP contribution in [0.5, 0.6) is 11.5 Å². The van der Waals surface area contributed by atoms with E-state index in [2.05, 4.69) is 15.9 Å². The number of carbonyl (C=O) groups excluding carboxylic acids is 1. The summed E-state index contributed by atoms with van der Waals surface area (Å²) in [4.78, 5) is 34.4. The summed E-state index contributed by atoms with van der Waals surface area (Å²) in [7, 11) is 1.54. The van der Waals surface area contributed by atoms with Crippen LogP contribution >= 0.6 is 50.6 Å². The molecule has 1 aliphatic heterocycles. The van der Waals surface area contributed by atoms with E-state index in [-0.39, 0.29) is 12.2 Å². The predicted molar refractivity (Wildman–Crippen MR) is 196 cm³/mol. The number of benzene rings is 4. The Kier molecular flexibility index (Phi) is 10.6. The Morgan fingerprint density at radius 1 is 1.06 bits per heavy atom. The van der Waals surface area contributed by atoms with Gasteiger partial charge in [0.2, 0.25) is 0 Å². The van der Waals surface area contributed by atoms with Crippen LogP contribution in [0.25, 0.3) is 11.8 Å². The van der Waals surface area contributed by atoms with Crippen molar-refractivity contribution in [1.29, 1.82) is 0 Å². The molecule has 0 radical (unpaired) electrons. The van der Waals surface area contributed by atoms with Crippen LogP contribution in [0.4, 0.5) is 0 Å². The summed E-state index contributed by atoms with van der Waals surface area (Å²) < 4.78 is 20.2. The Bertz CT molecular complexity index is 2180. The van der Waals surface area contributed by atoms with Gasteiger partial charge in [-0.2, -0.15) is 0 Å². The van der Waals surface area contributed by atoms with Gasteiger partial charge < -0.3 is 14.2 Å². The van der Waals surface area contributed by atoms with E-state index < -0.39 is 12.0 Å². The number of hydrogen-bond donors (Lipinski definition) is 0. The van der Waals surface area contributed by atoms with Crippen molar-refractivity contribution < 1.29 is 19.0 Å². The van der Waals surface area contributed by atoms with Crippen molar-refractivity contribution in [3.8, 4) is 11.5 Å². The molecule has 0 saturated carbocycles. The van der Waals surface area contributed by atoms with Gasteiger partial charge in [-0.15, -0.1) is 11.8 Å².